The summed E-state index contributed by atoms with van der Waals surface area (Å²) in [5.74, 6) is -0.00908. The van der Waals surface area contributed by atoms with Crippen LogP contribution in [0.5, 0.6) is 0 Å². The van der Waals surface area contributed by atoms with E-state index in [9.17, 15) is 19.6 Å². The first-order chi connectivity index (χ1) is 9.10. The molecule has 2 N–H and O–H groups in total. The van der Waals surface area contributed by atoms with Crippen LogP contribution >= 0.6 is 0 Å². The van der Waals surface area contributed by atoms with Gasteiger partial charge in [-0.2, -0.15) is 0 Å². The van der Waals surface area contributed by atoms with Crippen molar-refractivity contribution in [2.24, 2.45) is 11.8 Å². The first-order valence-corrected chi connectivity index (χ1v) is 6.40. The molecular weight excluding hydrogens is 251 g/mol. The maximum atomic E-state index is 13.2. The fraction of sp³-hybridized carbons (Fsp3) is 0.538. The van der Waals surface area contributed by atoms with Crippen molar-refractivity contribution in [1.82, 2.24) is 0 Å². The van der Waals surface area contributed by atoms with Gasteiger partial charge in [0, 0.05) is 24.9 Å². The lowest BCUT2D eigenvalue weighted by Crippen LogP contribution is -2.20. The zero-order valence-electron chi connectivity index (χ0n) is 10.5. The second-order valence-electron chi connectivity index (χ2n) is 4.97. The lowest BCUT2D eigenvalue weighted by Gasteiger charge is -2.18. The lowest BCUT2D eigenvalue weighted by molar-refractivity contribution is -0.385. The zero-order chi connectivity index (χ0) is 13.8. The number of nitrogens with zero attached hydrogens (tertiary/aromatic N) is 1. The number of rotatable bonds is 5. The highest BCUT2D eigenvalue weighted by Gasteiger charge is 2.26. The Morgan fingerprint density at radius 1 is 1.37 bits per heavy atom. The van der Waals surface area contributed by atoms with Crippen molar-refractivity contribution >= 4 is 11.4 Å². The molecule has 2 rings (SSSR count). The van der Waals surface area contributed by atoms with Crippen LogP contribution in [-0.2, 0) is 0 Å². The summed E-state index contributed by atoms with van der Waals surface area (Å²) < 4.78 is 13.2. The molecule has 0 aliphatic heterocycles. The van der Waals surface area contributed by atoms with Crippen LogP contribution in [0.15, 0.2) is 18.2 Å². The van der Waals surface area contributed by atoms with Gasteiger partial charge in [0.1, 0.15) is 5.82 Å². The number of halogens is 1. The number of hydrogen-bond donors (Lipinski definition) is 2. The first-order valence-electron chi connectivity index (χ1n) is 6.40. The van der Waals surface area contributed by atoms with Gasteiger partial charge in [-0.3, -0.25) is 10.1 Å². The van der Waals surface area contributed by atoms with Gasteiger partial charge in [-0.15, -0.1) is 0 Å². The lowest BCUT2D eigenvalue weighted by atomic mass is 9.97. The summed E-state index contributed by atoms with van der Waals surface area (Å²) in [5, 5.41) is 22.9. The summed E-state index contributed by atoms with van der Waals surface area (Å²) in [5.41, 5.74) is 0.155. The van der Waals surface area contributed by atoms with Crippen LogP contribution in [-0.4, -0.2) is 23.2 Å². The number of anilines is 1. The summed E-state index contributed by atoms with van der Waals surface area (Å²) in [6.07, 6.45) is 3.11. The molecule has 1 aliphatic carbocycles. The maximum Gasteiger partial charge on any atom is 0.274 e. The second kappa shape index (κ2) is 5.97. The number of nitrogens with one attached hydrogen (secondary N) is 1. The third-order valence-electron chi connectivity index (χ3n) is 3.71. The van der Waals surface area contributed by atoms with Gasteiger partial charge in [0.25, 0.3) is 5.69 Å². The molecular formula is C13H17FN2O3. The Balaban J connectivity index is 2.01. The molecule has 1 fully saturated rings. The fourth-order valence-electron chi connectivity index (χ4n) is 2.65. The van der Waals surface area contributed by atoms with E-state index >= 15 is 0 Å². The van der Waals surface area contributed by atoms with Crippen molar-refractivity contribution in [3.63, 3.8) is 0 Å². The molecule has 0 saturated heterocycles. The minimum atomic E-state index is -0.623. The number of benzene rings is 1. The van der Waals surface area contributed by atoms with Crippen molar-refractivity contribution in [3.05, 3.63) is 34.1 Å². The summed E-state index contributed by atoms with van der Waals surface area (Å²) in [4.78, 5) is 10.0. The average molecular weight is 268 g/mol. The molecule has 0 heterocycles. The molecule has 2 atom stereocenters. The largest absolute Gasteiger partial charge is 0.396 e. The number of hydrogen-bond acceptors (Lipinski definition) is 4. The van der Waals surface area contributed by atoms with Gasteiger partial charge in [-0.25, -0.2) is 4.39 Å². The third-order valence-corrected chi connectivity index (χ3v) is 3.71. The predicted octanol–water partition coefficient (Wildman–Crippen LogP) is 2.55. The van der Waals surface area contributed by atoms with Gasteiger partial charge in [0.15, 0.2) is 0 Å². The molecule has 1 aliphatic rings. The van der Waals surface area contributed by atoms with Crippen LogP contribution in [0.4, 0.5) is 15.8 Å². The number of non-ortho nitro benzene ring substituents is 1. The van der Waals surface area contributed by atoms with E-state index in [0.717, 1.165) is 25.3 Å². The summed E-state index contributed by atoms with van der Waals surface area (Å²) in [7, 11) is 0. The standard InChI is InChI=1S/C13H17FN2O3/c14-11-4-12(6-13(5-11)16(18)19)15-7-9-2-1-3-10(9)8-17/h4-6,9-10,15,17H,1-3,7-8H2. The number of nitro benzene ring substituents is 1. The van der Waals surface area contributed by atoms with Gasteiger partial charge in [0.2, 0.25) is 0 Å². The highest BCUT2D eigenvalue weighted by Crippen LogP contribution is 2.31. The van der Waals surface area contributed by atoms with Gasteiger partial charge < -0.3 is 10.4 Å². The van der Waals surface area contributed by atoms with Crippen LogP contribution < -0.4 is 5.32 Å². The van der Waals surface area contributed by atoms with Gasteiger partial charge in [-0.1, -0.05) is 6.42 Å². The molecule has 6 heteroatoms. The Morgan fingerprint density at radius 3 is 2.79 bits per heavy atom. The van der Waals surface area contributed by atoms with Crippen molar-refractivity contribution < 1.29 is 14.4 Å². The van der Waals surface area contributed by atoms with E-state index in [-0.39, 0.29) is 18.2 Å². The van der Waals surface area contributed by atoms with Gasteiger partial charge in [0.05, 0.1) is 11.0 Å². The Morgan fingerprint density at radius 2 is 2.11 bits per heavy atom. The second-order valence-corrected chi connectivity index (χ2v) is 4.97. The normalized spacial score (nSPS) is 22.4. The molecule has 0 radical (unpaired) electrons. The number of nitro groups is 1. The number of aliphatic hydroxyl groups excluding tert-OH is 1. The van der Waals surface area contributed by atoms with E-state index in [4.69, 9.17) is 0 Å². The molecule has 1 aromatic carbocycles. The van der Waals surface area contributed by atoms with Gasteiger partial charge >= 0.3 is 0 Å². The summed E-state index contributed by atoms with van der Waals surface area (Å²) >= 11 is 0. The molecule has 1 saturated carbocycles. The van der Waals surface area contributed by atoms with Crippen LogP contribution in [0.3, 0.4) is 0 Å². The Kier molecular flexibility index (Phi) is 4.31. The van der Waals surface area contributed by atoms with Crippen molar-refractivity contribution in [2.45, 2.75) is 19.3 Å². The molecule has 104 valence electrons. The van der Waals surface area contributed by atoms with Gasteiger partial charge in [-0.05, 0) is 30.7 Å². The van der Waals surface area contributed by atoms with E-state index in [2.05, 4.69) is 5.32 Å². The van der Waals surface area contributed by atoms with Crippen molar-refractivity contribution in [3.8, 4) is 0 Å². The zero-order valence-corrected chi connectivity index (χ0v) is 10.5. The monoisotopic (exact) mass is 268 g/mol. The Hall–Kier alpha value is -1.69. The van der Waals surface area contributed by atoms with E-state index in [1.165, 1.54) is 12.1 Å². The fourth-order valence-corrected chi connectivity index (χ4v) is 2.65. The van der Waals surface area contributed by atoms with Crippen LogP contribution in [0.2, 0.25) is 0 Å². The predicted molar refractivity (Wildman–Crippen MR) is 69.5 cm³/mol. The maximum absolute atomic E-state index is 13.2. The molecule has 0 spiro atoms. The van der Waals surface area contributed by atoms with E-state index < -0.39 is 10.7 Å². The quantitative estimate of drug-likeness (QED) is 0.635. The Bertz CT molecular complexity index is 467. The van der Waals surface area contributed by atoms with Crippen molar-refractivity contribution in [2.75, 3.05) is 18.5 Å². The third kappa shape index (κ3) is 3.41. The summed E-state index contributed by atoms with van der Waals surface area (Å²) in [6, 6.07) is 3.47. The SMILES string of the molecule is O=[N+]([O-])c1cc(F)cc(NCC2CCCC2CO)c1. The van der Waals surface area contributed by atoms with E-state index in [1.54, 1.807) is 0 Å². The van der Waals surface area contributed by atoms with E-state index in [1.807, 2.05) is 0 Å². The highest BCUT2D eigenvalue weighted by atomic mass is 19.1. The molecule has 5 nitrogen and oxygen atoms in total. The van der Waals surface area contributed by atoms with E-state index in [0.29, 0.717) is 18.2 Å². The molecule has 0 bridgehead atoms. The van der Waals surface area contributed by atoms with Crippen LogP contribution in [0.1, 0.15) is 19.3 Å². The average Bonchev–Trinajstić information content (AvgIpc) is 2.83. The van der Waals surface area contributed by atoms with Crippen LogP contribution in [0.25, 0.3) is 0 Å². The van der Waals surface area contributed by atoms with Crippen LogP contribution in [0, 0.1) is 27.8 Å². The number of aliphatic hydroxyl groups is 1. The topological polar surface area (TPSA) is 75.4 Å². The minimum absolute atomic E-state index is 0.162. The molecule has 1 aromatic rings. The minimum Gasteiger partial charge on any atom is -0.396 e. The smallest absolute Gasteiger partial charge is 0.274 e. The first kappa shape index (κ1) is 13.7. The molecule has 0 amide bonds. The Labute approximate surface area is 110 Å². The molecule has 2 unspecified atom stereocenters. The molecule has 0 aromatic heterocycles. The van der Waals surface area contributed by atoms with Crippen molar-refractivity contribution in [1.29, 1.82) is 0 Å². The highest BCUT2D eigenvalue weighted by molar-refractivity contribution is 5.51. The molecule has 19 heavy (non-hydrogen) atoms. The summed E-state index contributed by atoms with van der Waals surface area (Å²) in [6.45, 7) is 0.765.